The number of amides is 1. The van der Waals surface area contributed by atoms with E-state index in [9.17, 15) is 4.79 Å². The van der Waals surface area contributed by atoms with E-state index in [2.05, 4.69) is 37.5 Å². The Morgan fingerprint density at radius 2 is 2.11 bits per heavy atom. The Hall–Kier alpha value is -1.35. The summed E-state index contributed by atoms with van der Waals surface area (Å²) in [5.41, 5.74) is 3.40. The van der Waals surface area contributed by atoms with Crippen molar-refractivity contribution < 1.29 is 4.79 Å². The van der Waals surface area contributed by atoms with Gasteiger partial charge in [0.15, 0.2) is 0 Å². The number of rotatable bonds is 4. The Bertz CT molecular complexity index is 454. The zero-order valence-electron chi connectivity index (χ0n) is 12.1. The minimum absolute atomic E-state index is 0.0431. The first-order valence-corrected chi connectivity index (χ1v) is 7.19. The molecule has 1 aliphatic heterocycles. The molecule has 0 spiro atoms. The van der Waals surface area contributed by atoms with E-state index in [0.29, 0.717) is 5.92 Å². The lowest BCUT2D eigenvalue weighted by Gasteiger charge is -2.19. The van der Waals surface area contributed by atoms with Gasteiger partial charge in [0.25, 0.3) is 5.91 Å². The number of nitrogens with one attached hydrogen (secondary N) is 2. The Labute approximate surface area is 115 Å². The molecule has 1 aliphatic rings. The molecule has 2 N–H and O–H groups in total. The lowest BCUT2D eigenvalue weighted by Crippen LogP contribution is -2.33. The van der Waals surface area contributed by atoms with Crippen LogP contribution in [0.2, 0.25) is 0 Å². The molecule has 2 rings (SSSR count). The Morgan fingerprint density at radius 3 is 2.84 bits per heavy atom. The van der Waals surface area contributed by atoms with Crippen LogP contribution in [0.4, 0.5) is 0 Å². The van der Waals surface area contributed by atoms with Gasteiger partial charge >= 0.3 is 0 Å². The van der Waals surface area contributed by atoms with Crippen molar-refractivity contribution >= 4 is 5.91 Å². The zero-order chi connectivity index (χ0) is 13.8. The predicted molar refractivity (Wildman–Crippen MR) is 78.2 cm³/mol. The molecule has 0 saturated heterocycles. The maximum absolute atomic E-state index is 12.2. The molecular formula is C16H24N2O. The average molecular weight is 260 g/mol. The van der Waals surface area contributed by atoms with E-state index in [1.807, 2.05) is 12.1 Å². The Kier molecular flexibility index (Phi) is 4.59. The van der Waals surface area contributed by atoms with Crippen LogP contribution in [0.1, 0.15) is 48.7 Å². The molecule has 3 heteroatoms. The van der Waals surface area contributed by atoms with Crippen LogP contribution in [0.5, 0.6) is 0 Å². The minimum Gasteiger partial charge on any atom is -0.350 e. The molecule has 0 radical (unpaired) electrons. The van der Waals surface area contributed by atoms with Gasteiger partial charge in [0.1, 0.15) is 0 Å². The topological polar surface area (TPSA) is 41.1 Å². The molecule has 0 aromatic heterocycles. The van der Waals surface area contributed by atoms with E-state index in [4.69, 9.17) is 0 Å². The van der Waals surface area contributed by atoms with Gasteiger partial charge in [-0.05, 0) is 55.5 Å². The summed E-state index contributed by atoms with van der Waals surface area (Å²) in [5, 5.41) is 6.42. The molecule has 1 heterocycles. The fourth-order valence-electron chi connectivity index (χ4n) is 2.69. The van der Waals surface area contributed by atoms with Crippen LogP contribution in [0.15, 0.2) is 18.2 Å². The van der Waals surface area contributed by atoms with Gasteiger partial charge in [-0.1, -0.05) is 19.9 Å². The van der Waals surface area contributed by atoms with Gasteiger partial charge in [-0.2, -0.15) is 0 Å². The highest BCUT2D eigenvalue weighted by molar-refractivity contribution is 5.94. The number of hydrogen-bond acceptors (Lipinski definition) is 2. The van der Waals surface area contributed by atoms with Crippen molar-refractivity contribution in [1.29, 1.82) is 0 Å². The zero-order valence-corrected chi connectivity index (χ0v) is 12.1. The van der Waals surface area contributed by atoms with Crippen molar-refractivity contribution in [2.45, 2.75) is 46.2 Å². The summed E-state index contributed by atoms with van der Waals surface area (Å²) in [5.74, 6) is 0.643. The molecule has 104 valence electrons. The molecule has 19 heavy (non-hydrogen) atoms. The van der Waals surface area contributed by atoms with Crippen LogP contribution < -0.4 is 10.6 Å². The number of fused-ring (bicyclic) bond motifs is 1. The summed E-state index contributed by atoms with van der Waals surface area (Å²) in [6.07, 6.45) is 2.07. The highest BCUT2D eigenvalue weighted by atomic mass is 16.1. The second-order valence-electron chi connectivity index (χ2n) is 5.91. The largest absolute Gasteiger partial charge is 0.350 e. The molecule has 1 amide bonds. The van der Waals surface area contributed by atoms with Crippen molar-refractivity contribution in [3.63, 3.8) is 0 Å². The fraction of sp³-hybridized carbons (Fsp3) is 0.562. The first-order valence-electron chi connectivity index (χ1n) is 7.19. The molecule has 1 unspecified atom stereocenters. The van der Waals surface area contributed by atoms with Crippen molar-refractivity contribution in [2.75, 3.05) is 6.54 Å². The molecule has 3 nitrogen and oxygen atoms in total. The standard InChI is InChI=1S/C16H24N2O/c1-11(2)8-12(3)18-16(19)14-5-4-13-6-7-17-10-15(13)9-14/h4-5,9,11-12,17H,6-8,10H2,1-3H3,(H,18,19). The third-order valence-corrected chi connectivity index (χ3v) is 3.56. The summed E-state index contributed by atoms with van der Waals surface area (Å²) < 4.78 is 0. The number of hydrogen-bond donors (Lipinski definition) is 2. The third kappa shape index (κ3) is 3.80. The van der Waals surface area contributed by atoms with Crippen molar-refractivity contribution in [2.24, 2.45) is 5.92 Å². The van der Waals surface area contributed by atoms with Crippen LogP contribution in [0, 0.1) is 5.92 Å². The number of carbonyl (C=O) groups excluding carboxylic acids is 1. The molecule has 0 fully saturated rings. The van der Waals surface area contributed by atoms with Gasteiger partial charge in [0, 0.05) is 18.2 Å². The van der Waals surface area contributed by atoms with Gasteiger partial charge < -0.3 is 10.6 Å². The Balaban J connectivity index is 2.03. The molecular weight excluding hydrogens is 236 g/mol. The van der Waals surface area contributed by atoms with Gasteiger partial charge in [-0.25, -0.2) is 0 Å². The molecule has 1 atom stereocenters. The lowest BCUT2D eigenvalue weighted by atomic mass is 9.98. The molecule has 0 bridgehead atoms. The maximum atomic E-state index is 12.2. The monoisotopic (exact) mass is 260 g/mol. The van der Waals surface area contributed by atoms with E-state index >= 15 is 0 Å². The van der Waals surface area contributed by atoms with Gasteiger partial charge in [-0.3, -0.25) is 4.79 Å². The van der Waals surface area contributed by atoms with Crippen LogP contribution in [0.3, 0.4) is 0 Å². The SMILES string of the molecule is CC(C)CC(C)NC(=O)c1ccc2c(c1)CNCC2. The number of carbonyl (C=O) groups is 1. The lowest BCUT2D eigenvalue weighted by molar-refractivity contribution is 0.0936. The summed E-state index contributed by atoms with van der Waals surface area (Å²) >= 11 is 0. The minimum atomic E-state index is 0.0431. The molecule has 0 saturated carbocycles. The van der Waals surface area contributed by atoms with E-state index < -0.39 is 0 Å². The normalized spacial score (nSPS) is 16.0. The highest BCUT2D eigenvalue weighted by Gasteiger charge is 2.14. The molecule has 1 aromatic rings. The highest BCUT2D eigenvalue weighted by Crippen LogP contribution is 2.16. The maximum Gasteiger partial charge on any atom is 0.251 e. The molecule has 1 aromatic carbocycles. The van der Waals surface area contributed by atoms with Crippen molar-refractivity contribution in [1.82, 2.24) is 10.6 Å². The van der Waals surface area contributed by atoms with Gasteiger partial charge in [-0.15, -0.1) is 0 Å². The van der Waals surface area contributed by atoms with E-state index in [0.717, 1.165) is 31.5 Å². The first-order chi connectivity index (χ1) is 9.06. The smallest absolute Gasteiger partial charge is 0.251 e. The quantitative estimate of drug-likeness (QED) is 0.873. The predicted octanol–water partition coefficient (Wildman–Crippen LogP) is 2.50. The van der Waals surface area contributed by atoms with Crippen LogP contribution in [-0.4, -0.2) is 18.5 Å². The second-order valence-corrected chi connectivity index (χ2v) is 5.91. The van der Waals surface area contributed by atoms with Crippen LogP contribution >= 0.6 is 0 Å². The summed E-state index contributed by atoms with van der Waals surface area (Å²) in [6.45, 7) is 8.32. The van der Waals surface area contributed by atoms with Crippen molar-refractivity contribution in [3.8, 4) is 0 Å². The average Bonchev–Trinajstić information content (AvgIpc) is 2.37. The van der Waals surface area contributed by atoms with Gasteiger partial charge in [0.05, 0.1) is 0 Å². The summed E-state index contributed by atoms with van der Waals surface area (Å²) in [4.78, 5) is 12.2. The van der Waals surface area contributed by atoms with Gasteiger partial charge in [0.2, 0.25) is 0 Å². The second kappa shape index (κ2) is 6.20. The molecule has 0 aliphatic carbocycles. The third-order valence-electron chi connectivity index (χ3n) is 3.56. The first kappa shape index (κ1) is 14.1. The summed E-state index contributed by atoms with van der Waals surface area (Å²) in [7, 11) is 0. The Morgan fingerprint density at radius 1 is 1.32 bits per heavy atom. The number of benzene rings is 1. The van der Waals surface area contributed by atoms with Crippen molar-refractivity contribution in [3.05, 3.63) is 34.9 Å². The van der Waals surface area contributed by atoms with E-state index in [-0.39, 0.29) is 11.9 Å². The fourth-order valence-corrected chi connectivity index (χ4v) is 2.69. The van der Waals surface area contributed by atoms with Crippen LogP contribution in [0.25, 0.3) is 0 Å². The van der Waals surface area contributed by atoms with E-state index in [1.165, 1.54) is 11.1 Å². The van der Waals surface area contributed by atoms with Crippen LogP contribution in [-0.2, 0) is 13.0 Å². The van der Waals surface area contributed by atoms with E-state index in [1.54, 1.807) is 0 Å². The summed E-state index contributed by atoms with van der Waals surface area (Å²) in [6, 6.07) is 6.29.